The minimum atomic E-state index is 0.588. The van der Waals surface area contributed by atoms with Crippen molar-refractivity contribution in [2.45, 2.75) is 0 Å². The van der Waals surface area contributed by atoms with E-state index in [1.807, 2.05) is 54.7 Å². The number of benzene rings is 2. The molecule has 5 heteroatoms. The van der Waals surface area contributed by atoms with Crippen LogP contribution in [-0.4, -0.2) is 4.98 Å². The van der Waals surface area contributed by atoms with E-state index >= 15 is 0 Å². The summed E-state index contributed by atoms with van der Waals surface area (Å²) in [5.41, 5.74) is 10.1. The predicted molar refractivity (Wildman–Crippen MR) is 92.4 cm³/mol. The van der Waals surface area contributed by atoms with Crippen LogP contribution in [-0.2, 0) is 0 Å². The number of halogens is 1. The zero-order chi connectivity index (χ0) is 15.4. The summed E-state index contributed by atoms with van der Waals surface area (Å²) in [6, 6.07) is 17.3. The Morgan fingerprint density at radius 1 is 0.909 bits per heavy atom. The topological polar surface area (TPSA) is 63.6 Å². The van der Waals surface area contributed by atoms with Crippen LogP contribution < -0.4 is 5.73 Å². The van der Waals surface area contributed by atoms with E-state index in [9.17, 15) is 0 Å². The van der Waals surface area contributed by atoms with Gasteiger partial charge in [-0.1, -0.05) is 34.1 Å². The minimum Gasteiger partial charge on any atom is -0.397 e. The molecule has 2 aromatic carbocycles. The largest absolute Gasteiger partial charge is 0.397 e. The van der Waals surface area contributed by atoms with E-state index < -0.39 is 0 Å². The van der Waals surface area contributed by atoms with E-state index in [-0.39, 0.29) is 0 Å². The third kappa shape index (κ3) is 3.38. The van der Waals surface area contributed by atoms with Gasteiger partial charge in [0.25, 0.3) is 0 Å². The average Bonchev–Trinajstić information content (AvgIpc) is 2.55. The van der Waals surface area contributed by atoms with Crippen molar-refractivity contribution in [2.75, 3.05) is 5.73 Å². The van der Waals surface area contributed by atoms with Gasteiger partial charge in [-0.3, -0.25) is 4.98 Å². The highest BCUT2D eigenvalue weighted by Gasteiger charge is 1.99. The van der Waals surface area contributed by atoms with Crippen LogP contribution in [0, 0.1) is 0 Å². The molecule has 0 aliphatic heterocycles. The molecule has 0 amide bonds. The van der Waals surface area contributed by atoms with Crippen LogP contribution in [0.15, 0.2) is 81.7 Å². The van der Waals surface area contributed by atoms with Gasteiger partial charge in [0.1, 0.15) is 5.69 Å². The molecule has 0 saturated carbocycles. The van der Waals surface area contributed by atoms with Gasteiger partial charge in [-0.15, -0.1) is 5.11 Å². The summed E-state index contributed by atoms with van der Waals surface area (Å²) >= 11 is 3.37. The summed E-state index contributed by atoms with van der Waals surface area (Å²) in [7, 11) is 0. The maximum atomic E-state index is 5.89. The molecule has 0 atom stereocenters. The summed E-state index contributed by atoms with van der Waals surface area (Å²) in [6.07, 6.45) is 3.59. The second kappa shape index (κ2) is 6.49. The van der Waals surface area contributed by atoms with Crippen molar-refractivity contribution in [1.29, 1.82) is 0 Å². The molecule has 4 nitrogen and oxygen atoms in total. The number of rotatable bonds is 3. The molecule has 2 N–H and O–H groups in total. The average molecular weight is 353 g/mol. The lowest BCUT2D eigenvalue weighted by atomic mass is 10.1. The summed E-state index contributed by atoms with van der Waals surface area (Å²) in [6.45, 7) is 0. The first-order chi connectivity index (χ1) is 10.7. The molecule has 0 radical (unpaired) electrons. The molecule has 0 unspecified atom stereocenters. The van der Waals surface area contributed by atoms with Crippen LogP contribution in [0.5, 0.6) is 0 Å². The zero-order valence-electron chi connectivity index (χ0n) is 11.6. The second-order valence-electron chi connectivity index (χ2n) is 4.69. The van der Waals surface area contributed by atoms with E-state index in [2.05, 4.69) is 31.1 Å². The monoisotopic (exact) mass is 352 g/mol. The fraction of sp³-hybridized carbons (Fsp3) is 0. The molecule has 22 heavy (non-hydrogen) atoms. The van der Waals surface area contributed by atoms with Crippen LogP contribution in [0.25, 0.3) is 11.1 Å². The van der Waals surface area contributed by atoms with Crippen molar-refractivity contribution >= 4 is 33.0 Å². The van der Waals surface area contributed by atoms with Gasteiger partial charge < -0.3 is 5.73 Å². The lowest BCUT2D eigenvalue weighted by Crippen LogP contribution is -1.84. The maximum absolute atomic E-state index is 5.89. The molecule has 0 aliphatic rings. The molecule has 0 fully saturated rings. The summed E-state index contributed by atoms with van der Waals surface area (Å²) in [5.74, 6) is 0. The molecule has 0 saturated heterocycles. The molecule has 0 aliphatic carbocycles. The number of aromatic nitrogens is 1. The van der Waals surface area contributed by atoms with Crippen molar-refractivity contribution in [2.24, 2.45) is 10.2 Å². The normalized spacial score (nSPS) is 11.0. The number of pyridine rings is 1. The fourth-order valence-electron chi connectivity index (χ4n) is 1.98. The Labute approximate surface area is 136 Å². The number of azo groups is 1. The smallest absolute Gasteiger partial charge is 0.109 e. The maximum Gasteiger partial charge on any atom is 0.109 e. The highest BCUT2D eigenvalue weighted by atomic mass is 79.9. The summed E-state index contributed by atoms with van der Waals surface area (Å²) < 4.78 is 0.921. The quantitative estimate of drug-likeness (QED) is 0.498. The first-order valence-corrected chi connectivity index (χ1v) is 7.49. The highest BCUT2D eigenvalue weighted by molar-refractivity contribution is 9.10. The van der Waals surface area contributed by atoms with Gasteiger partial charge in [-0.25, -0.2) is 0 Å². The lowest BCUT2D eigenvalue weighted by Gasteiger charge is -2.01. The Bertz CT molecular complexity index is 799. The van der Waals surface area contributed by atoms with Crippen LogP contribution >= 0.6 is 15.9 Å². The van der Waals surface area contributed by atoms with Gasteiger partial charge in [0.2, 0.25) is 0 Å². The molecule has 3 rings (SSSR count). The molecular weight excluding hydrogens is 340 g/mol. The third-order valence-electron chi connectivity index (χ3n) is 3.12. The van der Waals surface area contributed by atoms with Crippen LogP contribution in [0.2, 0.25) is 0 Å². The van der Waals surface area contributed by atoms with Gasteiger partial charge in [-0.05, 0) is 47.5 Å². The van der Waals surface area contributed by atoms with Crippen molar-refractivity contribution in [3.05, 3.63) is 71.5 Å². The first-order valence-electron chi connectivity index (χ1n) is 6.69. The molecule has 3 aromatic rings. The van der Waals surface area contributed by atoms with Crippen LogP contribution in [0.4, 0.5) is 17.1 Å². The van der Waals surface area contributed by atoms with Crippen molar-refractivity contribution in [1.82, 2.24) is 4.98 Å². The molecular formula is C17H13BrN4. The number of hydrogen-bond donors (Lipinski definition) is 1. The van der Waals surface area contributed by atoms with E-state index in [0.717, 1.165) is 21.3 Å². The molecule has 0 spiro atoms. The number of nitrogens with two attached hydrogens (primary N) is 1. The summed E-state index contributed by atoms with van der Waals surface area (Å²) in [5, 5.41) is 8.40. The van der Waals surface area contributed by atoms with E-state index in [0.29, 0.717) is 11.4 Å². The van der Waals surface area contributed by atoms with Gasteiger partial charge in [0.15, 0.2) is 0 Å². The Morgan fingerprint density at radius 3 is 2.41 bits per heavy atom. The van der Waals surface area contributed by atoms with E-state index in [1.165, 1.54) is 0 Å². The first kappa shape index (κ1) is 14.4. The Hall–Kier alpha value is -2.53. The lowest BCUT2D eigenvalue weighted by molar-refractivity contribution is 1.23. The van der Waals surface area contributed by atoms with Crippen molar-refractivity contribution in [3.8, 4) is 11.1 Å². The van der Waals surface area contributed by atoms with Gasteiger partial charge in [0.05, 0.1) is 11.4 Å². The predicted octanol–water partition coefficient (Wildman–Crippen LogP) is 5.51. The van der Waals surface area contributed by atoms with Crippen molar-refractivity contribution in [3.63, 3.8) is 0 Å². The minimum absolute atomic E-state index is 0.588. The van der Waals surface area contributed by atoms with Crippen LogP contribution in [0.1, 0.15) is 0 Å². The molecule has 0 bridgehead atoms. The Kier molecular flexibility index (Phi) is 4.25. The molecule has 108 valence electrons. The third-order valence-corrected chi connectivity index (χ3v) is 3.62. The molecule has 1 aromatic heterocycles. The van der Waals surface area contributed by atoms with Crippen molar-refractivity contribution < 1.29 is 0 Å². The van der Waals surface area contributed by atoms with Gasteiger partial charge in [0, 0.05) is 16.9 Å². The summed E-state index contributed by atoms with van der Waals surface area (Å²) in [4.78, 5) is 4.12. The highest BCUT2D eigenvalue weighted by Crippen LogP contribution is 2.28. The van der Waals surface area contributed by atoms with E-state index in [1.54, 1.807) is 12.3 Å². The van der Waals surface area contributed by atoms with E-state index in [4.69, 9.17) is 5.73 Å². The molecule has 1 heterocycles. The standard InChI is InChI=1S/C17H13BrN4/c18-14-5-8-17(16(19)10-14)22-21-15-6-3-12(4-7-15)13-2-1-9-20-11-13/h1-11H,19H2/b22-21+. The second-order valence-corrected chi connectivity index (χ2v) is 5.61. The zero-order valence-corrected chi connectivity index (χ0v) is 13.2. The number of nitrogens with zero attached hydrogens (tertiary/aromatic N) is 3. The fourth-order valence-corrected chi connectivity index (χ4v) is 2.36. The Balaban J connectivity index is 1.80. The number of anilines is 1. The SMILES string of the molecule is Nc1cc(Br)ccc1/N=N/c1ccc(-c2cccnc2)cc1. The Morgan fingerprint density at radius 2 is 1.73 bits per heavy atom. The van der Waals surface area contributed by atoms with Crippen LogP contribution in [0.3, 0.4) is 0 Å². The number of hydrogen-bond acceptors (Lipinski definition) is 4. The van der Waals surface area contributed by atoms with Gasteiger partial charge >= 0.3 is 0 Å². The number of nitrogen functional groups attached to an aromatic ring is 1. The van der Waals surface area contributed by atoms with Gasteiger partial charge in [-0.2, -0.15) is 5.11 Å².